The van der Waals surface area contributed by atoms with Crippen LogP contribution in [0.1, 0.15) is 40.2 Å². The van der Waals surface area contributed by atoms with Crippen LogP contribution in [0.4, 0.5) is 4.39 Å². The number of nitrogens with zero attached hydrogens (tertiary/aromatic N) is 3. The molecular formula is C17H20FN3O. The number of likely N-dealkylation sites (tertiary alicyclic amines) is 1. The number of amides is 1. The number of hydrogen-bond donors (Lipinski definition) is 0. The van der Waals surface area contributed by atoms with Crippen molar-refractivity contribution in [3.05, 3.63) is 53.1 Å². The largest absolute Gasteiger partial charge is 0.339 e. The molecular weight excluding hydrogens is 281 g/mol. The van der Waals surface area contributed by atoms with Gasteiger partial charge < -0.3 is 4.90 Å². The summed E-state index contributed by atoms with van der Waals surface area (Å²) >= 11 is 0. The molecule has 1 aromatic carbocycles. The summed E-state index contributed by atoms with van der Waals surface area (Å²) in [5.74, 6) is -0.212. The molecule has 0 saturated carbocycles. The van der Waals surface area contributed by atoms with E-state index >= 15 is 0 Å². The Morgan fingerprint density at radius 3 is 2.68 bits per heavy atom. The number of aromatic nitrogens is 2. The fourth-order valence-corrected chi connectivity index (χ4v) is 3.04. The third-order valence-electron chi connectivity index (χ3n) is 4.33. The Bertz CT molecular complexity index is 687. The van der Waals surface area contributed by atoms with Crippen LogP contribution in [0.2, 0.25) is 0 Å². The number of carbonyl (C=O) groups excluding carboxylic acids is 1. The summed E-state index contributed by atoms with van der Waals surface area (Å²) in [6.45, 7) is 3.18. The van der Waals surface area contributed by atoms with Crippen LogP contribution in [-0.4, -0.2) is 33.7 Å². The maximum atomic E-state index is 13.9. The van der Waals surface area contributed by atoms with Gasteiger partial charge in [-0.3, -0.25) is 9.48 Å². The molecule has 2 heterocycles. The highest BCUT2D eigenvalue weighted by atomic mass is 19.1. The number of aryl methyl sites for hydroxylation is 2. The maximum Gasteiger partial charge on any atom is 0.256 e. The summed E-state index contributed by atoms with van der Waals surface area (Å²) in [5.41, 5.74) is 2.30. The van der Waals surface area contributed by atoms with Crippen LogP contribution < -0.4 is 0 Å². The third-order valence-corrected chi connectivity index (χ3v) is 4.33. The van der Waals surface area contributed by atoms with Gasteiger partial charge in [-0.25, -0.2) is 4.39 Å². The van der Waals surface area contributed by atoms with Crippen molar-refractivity contribution in [3.63, 3.8) is 0 Å². The molecule has 4 nitrogen and oxygen atoms in total. The molecule has 116 valence electrons. The summed E-state index contributed by atoms with van der Waals surface area (Å²) in [4.78, 5) is 14.2. The Morgan fingerprint density at radius 2 is 2.05 bits per heavy atom. The molecule has 1 amide bonds. The van der Waals surface area contributed by atoms with Crippen molar-refractivity contribution in [3.8, 4) is 0 Å². The Morgan fingerprint density at radius 1 is 1.32 bits per heavy atom. The number of benzene rings is 1. The molecule has 5 heteroatoms. The molecule has 1 aliphatic heterocycles. The SMILES string of the molecule is Cc1ccc(F)c(C(=O)N2CCC(c3cnn(C)c3)CC2)c1. The van der Waals surface area contributed by atoms with E-state index in [9.17, 15) is 9.18 Å². The second kappa shape index (κ2) is 5.91. The second-order valence-electron chi connectivity index (χ2n) is 6.00. The van der Waals surface area contributed by atoms with E-state index < -0.39 is 5.82 Å². The minimum absolute atomic E-state index is 0.180. The van der Waals surface area contributed by atoms with Gasteiger partial charge >= 0.3 is 0 Å². The summed E-state index contributed by atoms with van der Waals surface area (Å²) < 4.78 is 15.7. The zero-order chi connectivity index (χ0) is 15.7. The van der Waals surface area contributed by atoms with E-state index in [0.717, 1.165) is 18.4 Å². The van der Waals surface area contributed by atoms with E-state index in [0.29, 0.717) is 19.0 Å². The Labute approximate surface area is 129 Å². The number of carbonyl (C=O) groups is 1. The summed E-state index contributed by atoms with van der Waals surface area (Å²) in [5, 5.41) is 4.20. The van der Waals surface area contributed by atoms with Gasteiger partial charge in [0.05, 0.1) is 11.8 Å². The average Bonchev–Trinajstić information content (AvgIpc) is 2.96. The highest BCUT2D eigenvalue weighted by Crippen LogP contribution is 2.28. The van der Waals surface area contributed by atoms with Crippen molar-refractivity contribution < 1.29 is 9.18 Å². The number of piperidine rings is 1. The lowest BCUT2D eigenvalue weighted by Gasteiger charge is -2.31. The minimum atomic E-state index is -0.440. The third kappa shape index (κ3) is 2.89. The average molecular weight is 301 g/mol. The van der Waals surface area contributed by atoms with E-state index in [2.05, 4.69) is 5.10 Å². The van der Waals surface area contributed by atoms with Crippen LogP contribution in [0.15, 0.2) is 30.6 Å². The van der Waals surface area contributed by atoms with Crippen molar-refractivity contribution in [1.82, 2.24) is 14.7 Å². The van der Waals surface area contributed by atoms with Crippen LogP contribution in [0.5, 0.6) is 0 Å². The zero-order valence-corrected chi connectivity index (χ0v) is 12.9. The van der Waals surface area contributed by atoms with E-state index in [-0.39, 0.29) is 11.5 Å². The van der Waals surface area contributed by atoms with Gasteiger partial charge in [-0.1, -0.05) is 11.6 Å². The van der Waals surface area contributed by atoms with Crippen LogP contribution in [0, 0.1) is 12.7 Å². The van der Waals surface area contributed by atoms with E-state index in [1.807, 2.05) is 26.4 Å². The van der Waals surface area contributed by atoms with Gasteiger partial charge in [0.15, 0.2) is 0 Å². The van der Waals surface area contributed by atoms with Gasteiger partial charge in [0, 0.05) is 26.3 Å². The number of halogens is 1. The second-order valence-corrected chi connectivity index (χ2v) is 6.00. The van der Waals surface area contributed by atoms with Crippen molar-refractivity contribution in [1.29, 1.82) is 0 Å². The first-order valence-electron chi connectivity index (χ1n) is 7.58. The molecule has 22 heavy (non-hydrogen) atoms. The molecule has 1 aliphatic rings. The molecule has 0 aliphatic carbocycles. The normalized spacial score (nSPS) is 16.0. The molecule has 0 radical (unpaired) electrons. The lowest BCUT2D eigenvalue weighted by Crippen LogP contribution is -2.38. The van der Waals surface area contributed by atoms with Gasteiger partial charge in [0.2, 0.25) is 0 Å². The predicted octanol–water partition coefficient (Wildman–Crippen LogP) is 2.89. The Balaban J connectivity index is 1.68. The van der Waals surface area contributed by atoms with E-state index in [1.165, 1.54) is 11.6 Å². The van der Waals surface area contributed by atoms with Gasteiger partial charge in [0.1, 0.15) is 5.82 Å². The van der Waals surface area contributed by atoms with Crippen molar-refractivity contribution in [2.24, 2.45) is 7.05 Å². The monoisotopic (exact) mass is 301 g/mol. The molecule has 3 rings (SSSR count). The molecule has 2 aromatic rings. The molecule has 0 bridgehead atoms. The molecule has 1 fully saturated rings. The van der Waals surface area contributed by atoms with E-state index in [1.54, 1.807) is 21.7 Å². The van der Waals surface area contributed by atoms with Crippen LogP contribution in [0.3, 0.4) is 0 Å². The lowest BCUT2D eigenvalue weighted by molar-refractivity contribution is 0.0708. The van der Waals surface area contributed by atoms with Crippen molar-refractivity contribution in [2.45, 2.75) is 25.7 Å². The lowest BCUT2D eigenvalue weighted by atomic mass is 9.91. The molecule has 0 atom stereocenters. The smallest absolute Gasteiger partial charge is 0.256 e. The van der Waals surface area contributed by atoms with Crippen LogP contribution >= 0.6 is 0 Å². The first-order chi connectivity index (χ1) is 10.5. The minimum Gasteiger partial charge on any atom is -0.339 e. The Kier molecular flexibility index (Phi) is 3.96. The summed E-state index contributed by atoms with van der Waals surface area (Å²) in [6, 6.07) is 4.68. The number of rotatable bonds is 2. The first-order valence-corrected chi connectivity index (χ1v) is 7.58. The van der Waals surface area contributed by atoms with E-state index in [4.69, 9.17) is 0 Å². The van der Waals surface area contributed by atoms with Crippen LogP contribution in [0.25, 0.3) is 0 Å². The Hall–Kier alpha value is -2.17. The molecule has 1 aromatic heterocycles. The van der Waals surface area contributed by atoms with Crippen LogP contribution in [-0.2, 0) is 7.05 Å². The number of hydrogen-bond acceptors (Lipinski definition) is 2. The molecule has 0 spiro atoms. The quantitative estimate of drug-likeness (QED) is 0.855. The molecule has 0 unspecified atom stereocenters. The topological polar surface area (TPSA) is 38.1 Å². The summed E-state index contributed by atoms with van der Waals surface area (Å²) in [7, 11) is 1.91. The zero-order valence-electron chi connectivity index (χ0n) is 12.9. The first kappa shape index (κ1) is 14.8. The predicted molar refractivity (Wildman–Crippen MR) is 82.2 cm³/mol. The van der Waals surface area contributed by atoms with Gasteiger partial charge in [-0.2, -0.15) is 5.10 Å². The fraction of sp³-hybridized carbons (Fsp3) is 0.412. The fourth-order valence-electron chi connectivity index (χ4n) is 3.04. The highest BCUT2D eigenvalue weighted by molar-refractivity contribution is 5.94. The maximum absolute atomic E-state index is 13.9. The highest BCUT2D eigenvalue weighted by Gasteiger charge is 2.26. The van der Waals surface area contributed by atoms with Gasteiger partial charge in [0.25, 0.3) is 5.91 Å². The van der Waals surface area contributed by atoms with Crippen molar-refractivity contribution in [2.75, 3.05) is 13.1 Å². The standard InChI is InChI=1S/C17H20FN3O/c1-12-3-4-16(18)15(9-12)17(22)21-7-5-13(6-8-21)14-10-19-20(2)11-14/h3-4,9-11,13H,5-8H2,1-2H3. The van der Waals surface area contributed by atoms with Crippen molar-refractivity contribution >= 4 is 5.91 Å². The van der Waals surface area contributed by atoms with Gasteiger partial charge in [-0.15, -0.1) is 0 Å². The molecule has 1 saturated heterocycles. The molecule has 0 N–H and O–H groups in total. The summed E-state index contributed by atoms with van der Waals surface area (Å²) in [6.07, 6.45) is 5.71. The van der Waals surface area contributed by atoms with Gasteiger partial charge in [-0.05, 0) is 43.4 Å².